The Labute approximate surface area is 143 Å². The average Bonchev–Trinajstić information content (AvgIpc) is 3.13. The summed E-state index contributed by atoms with van der Waals surface area (Å²) < 4.78 is 7.32. The number of carbonyl (C=O) groups excluding carboxylic acids is 1. The van der Waals surface area contributed by atoms with Crippen LogP contribution in [0.3, 0.4) is 0 Å². The van der Waals surface area contributed by atoms with E-state index in [-0.39, 0.29) is 18.0 Å². The van der Waals surface area contributed by atoms with Crippen molar-refractivity contribution in [3.05, 3.63) is 18.0 Å². The van der Waals surface area contributed by atoms with Gasteiger partial charge in [0.25, 0.3) is 5.91 Å². The van der Waals surface area contributed by atoms with Crippen LogP contribution in [-0.2, 0) is 4.74 Å². The average molecular weight is 335 g/mol. The number of hydrogen-bond donors (Lipinski definition) is 2. The van der Waals surface area contributed by atoms with Crippen molar-refractivity contribution >= 4 is 5.91 Å². The summed E-state index contributed by atoms with van der Waals surface area (Å²) in [5, 5.41) is 11.0. The molecule has 134 valence electrons. The van der Waals surface area contributed by atoms with E-state index in [1.165, 1.54) is 0 Å². The summed E-state index contributed by atoms with van der Waals surface area (Å²) >= 11 is 0. The van der Waals surface area contributed by atoms with Crippen LogP contribution >= 0.6 is 0 Å². The highest BCUT2D eigenvalue weighted by Gasteiger charge is 2.24. The number of nitrogens with zero attached hydrogens (tertiary/aromatic N) is 3. The Hall–Kier alpha value is -1.44. The predicted octanol–water partition coefficient (Wildman–Crippen LogP) is 0.647. The van der Waals surface area contributed by atoms with Gasteiger partial charge in [0, 0.05) is 37.9 Å². The number of aromatic nitrogens is 2. The van der Waals surface area contributed by atoms with Gasteiger partial charge in [-0.05, 0) is 39.3 Å². The molecule has 24 heavy (non-hydrogen) atoms. The van der Waals surface area contributed by atoms with Gasteiger partial charge in [-0.15, -0.1) is 0 Å². The van der Waals surface area contributed by atoms with E-state index in [1.807, 2.05) is 16.9 Å². The van der Waals surface area contributed by atoms with E-state index in [0.717, 1.165) is 52.2 Å². The molecule has 0 saturated carbocycles. The Morgan fingerprint density at radius 2 is 2.21 bits per heavy atom. The fourth-order valence-electron chi connectivity index (χ4n) is 3.42. The van der Waals surface area contributed by atoms with Crippen molar-refractivity contribution in [1.82, 2.24) is 25.3 Å². The standard InChI is InChI=1S/C17H29N5O2/c1-13(14(2)21-8-10-24-11-9-21)19-17(23)16-5-7-22(20-16)15-4-3-6-18-12-15/h5,7,13-15,18H,3-4,6,8-12H2,1-2H3,(H,19,23). The van der Waals surface area contributed by atoms with Crippen LogP contribution in [0.1, 0.15) is 43.2 Å². The summed E-state index contributed by atoms with van der Waals surface area (Å²) in [5.41, 5.74) is 0.501. The predicted molar refractivity (Wildman–Crippen MR) is 92.1 cm³/mol. The molecule has 3 atom stereocenters. The monoisotopic (exact) mass is 335 g/mol. The van der Waals surface area contributed by atoms with Crippen molar-refractivity contribution in [2.45, 2.75) is 44.8 Å². The summed E-state index contributed by atoms with van der Waals surface area (Å²) in [7, 11) is 0. The molecule has 0 aliphatic carbocycles. The minimum Gasteiger partial charge on any atom is -0.379 e. The molecule has 1 aromatic heterocycles. The summed E-state index contributed by atoms with van der Waals surface area (Å²) in [6, 6.07) is 2.51. The molecule has 0 radical (unpaired) electrons. The summed E-state index contributed by atoms with van der Waals surface area (Å²) in [6.07, 6.45) is 4.18. The molecule has 0 bridgehead atoms. The molecular formula is C17H29N5O2. The lowest BCUT2D eigenvalue weighted by molar-refractivity contribution is 0.0137. The molecule has 2 saturated heterocycles. The largest absolute Gasteiger partial charge is 0.379 e. The number of amides is 1. The third kappa shape index (κ3) is 4.15. The second kappa shape index (κ2) is 8.09. The maximum atomic E-state index is 12.5. The van der Waals surface area contributed by atoms with Crippen LogP contribution in [0, 0.1) is 0 Å². The van der Waals surface area contributed by atoms with E-state index < -0.39 is 0 Å². The van der Waals surface area contributed by atoms with Gasteiger partial charge in [0.15, 0.2) is 0 Å². The van der Waals surface area contributed by atoms with Crippen LogP contribution in [-0.4, -0.2) is 72.1 Å². The SMILES string of the molecule is CC(NC(=O)c1ccn(C2CCCNC2)n1)C(C)N1CCOCC1. The van der Waals surface area contributed by atoms with Crippen LogP contribution in [0.4, 0.5) is 0 Å². The first kappa shape index (κ1) is 17.4. The second-order valence-electron chi connectivity index (χ2n) is 6.83. The van der Waals surface area contributed by atoms with Gasteiger partial charge in [0.2, 0.25) is 0 Å². The minimum atomic E-state index is -0.0925. The molecule has 1 aromatic rings. The first-order valence-electron chi connectivity index (χ1n) is 9.03. The molecular weight excluding hydrogens is 306 g/mol. The third-order valence-electron chi connectivity index (χ3n) is 5.19. The third-order valence-corrected chi connectivity index (χ3v) is 5.19. The van der Waals surface area contributed by atoms with Gasteiger partial charge in [-0.3, -0.25) is 14.4 Å². The van der Waals surface area contributed by atoms with E-state index in [0.29, 0.717) is 11.7 Å². The molecule has 3 heterocycles. The maximum absolute atomic E-state index is 12.5. The number of ether oxygens (including phenoxy) is 1. The van der Waals surface area contributed by atoms with Crippen LogP contribution in [0.15, 0.2) is 12.3 Å². The van der Waals surface area contributed by atoms with Crippen molar-refractivity contribution in [2.75, 3.05) is 39.4 Å². The summed E-state index contributed by atoms with van der Waals surface area (Å²) in [4.78, 5) is 14.9. The van der Waals surface area contributed by atoms with Gasteiger partial charge < -0.3 is 15.4 Å². The molecule has 2 fully saturated rings. The smallest absolute Gasteiger partial charge is 0.272 e. The Morgan fingerprint density at radius 1 is 1.42 bits per heavy atom. The lowest BCUT2D eigenvalue weighted by atomic mass is 10.1. The highest BCUT2D eigenvalue weighted by molar-refractivity contribution is 5.92. The molecule has 7 heteroatoms. The zero-order valence-corrected chi connectivity index (χ0v) is 14.7. The number of rotatable bonds is 5. The topological polar surface area (TPSA) is 71.4 Å². The Bertz CT molecular complexity index is 535. The molecule has 2 N–H and O–H groups in total. The van der Waals surface area contributed by atoms with Gasteiger partial charge in [-0.1, -0.05) is 0 Å². The zero-order chi connectivity index (χ0) is 16.9. The lowest BCUT2D eigenvalue weighted by Crippen LogP contribution is -2.52. The number of morpholine rings is 1. The lowest BCUT2D eigenvalue weighted by Gasteiger charge is -2.35. The molecule has 0 spiro atoms. The van der Waals surface area contributed by atoms with Gasteiger partial charge in [-0.25, -0.2) is 0 Å². The highest BCUT2D eigenvalue weighted by atomic mass is 16.5. The van der Waals surface area contributed by atoms with Gasteiger partial charge in [-0.2, -0.15) is 5.10 Å². The Kier molecular flexibility index (Phi) is 5.86. The second-order valence-corrected chi connectivity index (χ2v) is 6.83. The maximum Gasteiger partial charge on any atom is 0.272 e. The molecule has 0 aromatic carbocycles. The number of nitrogens with one attached hydrogen (secondary N) is 2. The molecule has 3 rings (SSSR count). The van der Waals surface area contributed by atoms with Gasteiger partial charge in [0.05, 0.1) is 19.3 Å². The quantitative estimate of drug-likeness (QED) is 0.827. The number of piperidine rings is 1. The van der Waals surface area contributed by atoms with Crippen molar-refractivity contribution in [2.24, 2.45) is 0 Å². The molecule has 7 nitrogen and oxygen atoms in total. The number of hydrogen-bond acceptors (Lipinski definition) is 5. The van der Waals surface area contributed by atoms with E-state index in [9.17, 15) is 4.79 Å². The van der Waals surface area contributed by atoms with Gasteiger partial charge in [0.1, 0.15) is 5.69 Å². The highest BCUT2D eigenvalue weighted by Crippen LogP contribution is 2.16. The molecule has 1 amide bonds. The minimum absolute atomic E-state index is 0.0668. The first-order valence-corrected chi connectivity index (χ1v) is 9.03. The van der Waals surface area contributed by atoms with Crippen molar-refractivity contribution in [1.29, 1.82) is 0 Å². The van der Waals surface area contributed by atoms with Gasteiger partial charge >= 0.3 is 0 Å². The molecule has 3 unspecified atom stereocenters. The molecule has 2 aliphatic rings. The van der Waals surface area contributed by atoms with Crippen LogP contribution in [0.25, 0.3) is 0 Å². The fourth-order valence-corrected chi connectivity index (χ4v) is 3.42. The Morgan fingerprint density at radius 3 is 2.92 bits per heavy atom. The fraction of sp³-hybridized carbons (Fsp3) is 0.765. The van der Waals surface area contributed by atoms with Crippen LogP contribution in [0.5, 0.6) is 0 Å². The Balaban J connectivity index is 1.55. The van der Waals surface area contributed by atoms with E-state index in [2.05, 4.69) is 34.5 Å². The van der Waals surface area contributed by atoms with Crippen LogP contribution in [0.2, 0.25) is 0 Å². The van der Waals surface area contributed by atoms with Crippen LogP contribution < -0.4 is 10.6 Å². The first-order chi connectivity index (χ1) is 11.6. The number of carbonyl (C=O) groups is 1. The van der Waals surface area contributed by atoms with E-state index in [4.69, 9.17) is 4.74 Å². The van der Waals surface area contributed by atoms with E-state index >= 15 is 0 Å². The van der Waals surface area contributed by atoms with Crippen molar-refractivity contribution in [3.63, 3.8) is 0 Å². The normalized spacial score (nSPS) is 25.2. The summed E-state index contributed by atoms with van der Waals surface area (Å²) in [6.45, 7) is 9.59. The van der Waals surface area contributed by atoms with Crippen molar-refractivity contribution < 1.29 is 9.53 Å². The van der Waals surface area contributed by atoms with E-state index in [1.54, 1.807) is 0 Å². The molecule has 2 aliphatic heterocycles. The summed E-state index contributed by atoms with van der Waals surface area (Å²) in [5.74, 6) is -0.0925. The van der Waals surface area contributed by atoms with Crippen molar-refractivity contribution in [3.8, 4) is 0 Å². The zero-order valence-electron chi connectivity index (χ0n) is 14.7.